The summed E-state index contributed by atoms with van der Waals surface area (Å²) >= 11 is 0. The fourth-order valence-corrected chi connectivity index (χ4v) is 2.93. The minimum Gasteiger partial charge on any atom is -0.322 e. The summed E-state index contributed by atoms with van der Waals surface area (Å²) in [6.07, 6.45) is 3.37. The van der Waals surface area contributed by atoms with Gasteiger partial charge in [-0.1, -0.05) is 6.42 Å². The van der Waals surface area contributed by atoms with E-state index in [4.69, 9.17) is 0 Å². The fraction of sp³-hybridized carbons (Fsp3) is 0.500. The van der Waals surface area contributed by atoms with Gasteiger partial charge in [0.2, 0.25) is 17.8 Å². The number of amides is 1. The molecule has 2 atom stereocenters. The number of hydrogen-bond donors (Lipinski definition) is 1. The van der Waals surface area contributed by atoms with Crippen LogP contribution in [-0.2, 0) is 4.79 Å². The molecule has 2 saturated carbocycles. The number of halogens is 2. The number of nitrogens with zero attached hydrogens (tertiary/aromatic N) is 1. The fourth-order valence-electron chi connectivity index (χ4n) is 2.93. The highest BCUT2D eigenvalue weighted by Crippen LogP contribution is 2.57. The first-order valence-electron chi connectivity index (χ1n) is 5.80. The molecule has 17 heavy (non-hydrogen) atoms. The molecular weight excluding hydrogens is 226 g/mol. The van der Waals surface area contributed by atoms with Crippen molar-refractivity contribution in [2.24, 2.45) is 17.8 Å². The second kappa shape index (κ2) is 3.75. The molecule has 1 aromatic rings. The maximum absolute atomic E-state index is 13.2. The van der Waals surface area contributed by atoms with Crippen LogP contribution in [0.3, 0.4) is 0 Å². The molecule has 0 saturated heterocycles. The van der Waals surface area contributed by atoms with Gasteiger partial charge < -0.3 is 5.32 Å². The van der Waals surface area contributed by atoms with E-state index in [0.717, 1.165) is 18.9 Å². The Morgan fingerprint density at radius 1 is 1.29 bits per heavy atom. The Hall–Kier alpha value is -1.52. The van der Waals surface area contributed by atoms with E-state index in [-0.39, 0.29) is 17.5 Å². The van der Waals surface area contributed by atoms with Gasteiger partial charge in [-0.15, -0.1) is 0 Å². The maximum atomic E-state index is 13.2. The van der Waals surface area contributed by atoms with Gasteiger partial charge in [0, 0.05) is 5.92 Å². The van der Waals surface area contributed by atoms with Crippen molar-refractivity contribution in [3.63, 3.8) is 0 Å². The van der Waals surface area contributed by atoms with Crippen LogP contribution in [0.25, 0.3) is 0 Å². The molecule has 1 amide bonds. The number of aromatic nitrogens is 1. The van der Waals surface area contributed by atoms with E-state index in [2.05, 4.69) is 10.3 Å². The highest BCUT2D eigenvalue weighted by molar-refractivity contribution is 5.94. The second-order valence-corrected chi connectivity index (χ2v) is 4.75. The van der Waals surface area contributed by atoms with Gasteiger partial charge in [-0.25, -0.2) is 0 Å². The van der Waals surface area contributed by atoms with Crippen molar-refractivity contribution in [3.8, 4) is 0 Å². The van der Waals surface area contributed by atoms with Crippen LogP contribution in [0.1, 0.15) is 19.3 Å². The summed E-state index contributed by atoms with van der Waals surface area (Å²) in [5.74, 6) is -1.04. The van der Waals surface area contributed by atoms with Crippen LogP contribution < -0.4 is 5.32 Å². The molecule has 1 N–H and O–H groups in total. The van der Waals surface area contributed by atoms with Crippen molar-refractivity contribution in [1.82, 2.24) is 4.98 Å². The number of carbonyl (C=O) groups is 1. The highest BCUT2D eigenvalue weighted by Gasteiger charge is 2.56. The number of anilines is 1. The Balaban J connectivity index is 1.69. The molecule has 5 heteroatoms. The van der Waals surface area contributed by atoms with Crippen LogP contribution in [0, 0.1) is 29.6 Å². The predicted molar refractivity (Wildman–Crippen MR) is 57.1 cm³/mol. The van der Waals surface area contributed by atoms with Gasteiger partial charge in [0.05, 0.1) is 5.69 Å². The zero-order chi connectivity index (χ0) is 12.0. The summed E-state index contributed by atoms with van der Waals surface area (Å²) in [4.78, 5) is 14.9. The molecule has 1 aromatic heterocycles. The number of fused-ring (bicyclic) bond motifs is 1. The predicted octanol–water partition coefficient (Wildman–Crippen LogP) is 2.34. The summed E-state index contributed by atoms with van der Waals surface area (Å²) in [7, 11) is 0. The zero-order valence-electron chi connectivity index (χ0n) is 9.12. The Morgan fingerprint density at radius 3 is 2.65 bits per heavy atom. The van der Waals surface area contributed by atoms with Gasteiger partial charge in [-0.3, -0.25) is 4.79 Å². The van der Waals surface area contributed by atoms with Crippen molar-refractivity contribution < 1.29 is 13.6 Å². The molecule has 2 aliphatic carbocycles. The van der Waals surface area contributed by atoms with E-state index >= 15 is 0 Å². The Kier molecular flexibility index (Phi) is 2.34. The molecule has 0 bridgehead atoms. The third-order valence-electron chi connectivity index (χ3n) is 3.78. The number of nitrogens with one attached hydrogen (secondary N) is 1. The van der Waals surface area contributed by atoms with Crippen LogP contribution >= 0.6 is 0 Å². The Bertz CT molecular complexity index is 468. The maximum Gasteiger partial charge on any atom is 0.239 e. The van der Waals surface area contributed by atoms with Crippen molar-refractivity contribution in [1.29, 1.82) is 0 Å². The van der Waals surface area contributed by atoms with E-state index in [1.807, 2.05) is 0 Å². The second-order valence-electron chi connectivity index (χ2n) is 4.75. The standard InChI is InChI=1S/C12H12F2N2O/c13-9-5-4-8(11(14)16-9)15-12(17)10-6-2-1-3-7(6)10/h4-7,10H,1-3H2,(H,15,17). The van der Waals surface area contributed by atoms with Gasteiger partial charge >= 0.3 is 0 Å². The van der Waals surface area contributed by atoms with Crippen molar-refractivity contribution in [2.45, 2.75) is 19.3 Å². The lowest BCUT2D eigenvalue weighted by molar-refractivity contribution is -0.118. The van der Waals surface area contributed by atoms with E-state index in [1.54, 1.807) is 0 Å². The minimum atomic E-state index is -0.968. The molecule has 2 unspecified atom stereocenters. The monoisotopic (exact) mass is 238 g/mol. The number of rotatable bonds is 2. The van der Waals surface area contributed by atoms with Crippen LogP contribution in [0.15, 0.2) is 12.1 Å². The summed E-state index contributed by atoms with van der Waals surface area (Å²) in [6, 6.07) is 2.24. The van der Waals surface area contributed by atoms with E-state index in [1.165, 1.54) is 12.5 Å². The largest absolute Gasteiger partial charge is 0.322 e. The third kappa shape index (κ3) is 1.79. The lowest BCUT2D eigenvalue weighted by Gasteiger charge is -2.06. The molecule has 0 aliphatic heterocycles. The first kappa shape index (κ1) is 10.6. The number of carbonyl (C=O) groups excluding carboxylic acids is 1. The smallest absolute Gasteiger partial charge is 0.239 e. The Labute approximate surface area is 97.2 Å². The zero-order valence-corrected chi connectivity index (χ0v) is 9.12. The molecule has 3 rings (SSSR count). The molecule has 90 valence electrons. The average molecular weight is 238 g/mol. The third-order valence-corrected chi connectivity index (χ3v) is 3.78. The van der Waals surface area contributed by atoms with E-state index in [9.17, 15) is 13.6 Å². The molecule has 2 aliphatic rings. The Morgan fingerprint density at radius 2 is 2.00 bits per heavy atom. The van der Waals surface area contributed by atoms with E-state index < -0.39 is 11.9 Å². The highest BCUT2D eigenvalue weighted by atomic mass is 19.1. The molecule has 0 spiro atoms. The van der Waals surface area contributed by atoms with Crippen LogP contribution in [0.5, 0.6) is 0 Å². The average Bonchev–Trinajstić information content (AvgIpc) is 2.77. The first-order chi connectivity index (χ1) is 8.16. The van der Waals surface area contributed by atoms with Crippen LogP contribution in [0.4, 0.5) is 14.5 Å². The molecule has 2 fully saturated rings. The molecule has 1 heterocycles. The lowest BCUT2D eigenvalue weighted by Crippen LogP contribution is -2.17. The van der Waals surface area contributed by atoms with Crippen LogP contribution in [0.2, 0.25) is 0 Å². The van der Waals surface area contributed by atoms with Gasteiger partial charge in [0.25, 0.3) is 0 Å². The molecule has 0 aromatic carbocycles. The van der Waals surface area contributed by atoms with Gasteiger partial charge in [0.1, 0.15) is 0 Å². The van der Waals surface area contributed by atoms with Gasteiger partial charge in [-0.2, -0.15) is 13.8 Å². The first-order valence-corrected chi connectivity index (χ1v) is 5.80. The minimum absolute atomic E-state index is 0.0215. The van der Waals surface area contributed by atoms with Crippen LogP contribution in [-0.4, -0.2) is 10.9 Å². The van der Waals surface area contributed by atoms with Gasteiger partial charge in [-0.05, 0) is 36.8 Å². The topological polar surface area (TPSA) is 42.0 Å². The summed E-state index contributed by atoms with van der Waals surface area (Å²) in [5.41, 5.74) is -0.0404. The quantitative estimate of drug-likeness (QED) is 0.803. The SMILES string of the molecule is O=C(Nc1ccc(F)nc1F)C1C2CCCC21. The lowest BCUT2D eigenvalue weighted by atomic mass is 10.1. The van der Waals surface area contributed by atoms with Crippen molar-refractivity contribution in [2.75, 3.05) is 5.32 Å². The van der Waals surface area contributed by atoms with Crippen molar-refractivity contribution in [3.05, 3.63) is 24.0 Å². The number of pyridine rings is 1. The number of hydrogen-bond acceptors (Lipinski definition) is 2. The summed E-state index contributed by atoms with van der Waals surface area (Å²) in [6.45, 7) is 0. The normalized spacial score (nSPS) is 29.9. The molecule has 3 nitrogen and oxygen atoms in total. The summed E-state index contributed by atoms with van der Waals surface area (Å²) < 4.78 is 25.8. The van der Waals surface area contributed by atoms with Crippen molar-refractivity contribution >= 4 is 11.6 Å². The molecule has 0 radical (unpaired) electrons. The van der Waals surface area contributed by atoms with Gasteiger partial charge in [0.15, 0.2) is 0 Å². The summed E-state index contributed by atoms with van der Waals surface area (Å²) in [5, 5.41) is 2.48. The molecular formula is C12H12F2N2O. The van der Waals surface area contributed by atoms with E-state index in [0.29, 0.717) is 11.8 Å².